The van der Waals surface area contributed by atoms with Crippen LogP contribution >= 0.6 is 0 Å². The lowest BCUT2D eigenvalue weighted by Gasteiger charge is -2.16. The molecule has 60 heavy (non-hydrogen) atoms. The van der Waals surface area contributed by atoms with Crippen LogP contribution in [0, 0.1) is 0 Å². The van der Waals surface area contributed by atoms with Crippen molar-refractivity contribution in [3.05, 3.63) is 206 Å². The van der Waals surface area contributed by atoms with Crippen LogP contribution < -0.4 is 0 Å². The van der Waals surface area contributed by atoms with Gasteiger partial charge in [0.2, 0.25) is 0 Å². The van der Waals surface area contributed by atoms with Gasteiger partial charge in [-0.3, -0.25) is 0 Å². The summed E-state index contributed by atoms with van der Waals surface area (Å²) in [7, 11) is 0. The molecule has 0 aliphatic carbocycles. The summed E-state index contributed by atoms with van der Waals surface area (Å²) < 4.78 is 9.26. The number of rotatable bonds is 6. The van der Waals surface area contributed by atoms with Gasteiger partial charge in [-0.2, -0.15) is 0 Å². The average Bonchev–Trinajstić information content (AvgIpc) is 3.86. The first-order valence-corrected chi connectivity index (χ1v) is 20.2. The SMILES string of the molecule is c1ccc(-c2ccc(-c3nc(-c4cccc(-c5ccccc5)c4)nc(-c4ccc5c(oc6ccccc65)c4-n4c5ccccc5c5cc6ccccc6cc54)n3)cc2)cc1. The molecule has 0 radical (unpaired) electrons. The summed E-state index contributed by atoms with van der Waals surface area (Å²) >= 11 is 0. The van der Waals surface area contributed by atoms with E-state index < -0.39 is 0 Å². The molecule has 0 saturated heterocycles. The minimum absolute atomic E-state index is 0.552. The van der Waals surface area contributed by atoms with Crippen LogP contribution in [0.2, 0.25) is 0 Å². The van der Waals surface area contributed by atoms with Crippen molar-refractivity contribution in [3.8, 4) is 62.1 Å². The van der Waals surface area contributed by atoms with E-state index in [2.05, 4.69) is 187 Å². The molecule has 280 valence electrons. The van der Waals surface area contributed by atoms with Crippen molar-refractivity contribution >= 4 is 54.5 Å². The van der Waals surface area contributed by atoms with Crippen molar-refractivity contribution in [3.63, 3.8) is 0 Å². The van der Waals surface area contributed by atoms with Crippen LogP contribution in [-0.2, 0) is 0 Å². The number of hydrogen-bond acceptors (Lipinski definition) is 4. The van der Waals surface area contributed by atoms with E-state index in [9.17, 15) is 0 Å². The van der Waals surface area contributed by atoms with E-state index in [1.165, 1.54) is 5.39 Å². The molecule has 3 aromatic heterocycles. The Kier molecular flexibility index (Phi) is 7.78. The van der Waals surface area contributed by atoms with Gasteiger partial charge in [-0.1, -0.05) is 164 Å². The van der Waals surface area contributed by atoms with Crippen LogP contribution in [0.5, 0.6) is 0 Å². The molecular formula is C55H34N4O. The number of fused-ring (bicyclic) bond motifs is 7. The Bertz CT molecular complexity index is 3590. The lowest BCUT2D eigenvalue weighted by molar-refractivity contribution is 0.666. The second-order valence-electron chi connectivity index (χ2n) is 15.2. The molecule has 12 aromatic rings. The fourth-order valence-electron chi connectivity index (χ4n) is 8.74. The van der Waals surface area contributed by atoms with Crippen LogP contribution in [0.4, 0.5) is 0 Å². The maximum atomic E-state index is 6.91. The zero-order chi connectivity index (χ0) is 39.6. The van der Waals surface area contributed by atoms with Gasteiger partial charge < -0.3 is 8.98 Å². The van der Waals surface area contributed by atoms with Crippen molar-refractivity contribution in [1.82, 2.24) is 19.5 Å². The molecule has 12 rings (SSSR count). The average molecular weight is 767 g/mol. The minimum atomic E-state index is 0.552. The summed E-state index contributed by atoms with van der Waals surface area (Å²) in [6, 6.07) is 72.1. The quantitative estimate of drug-likeness (QED) is 0.169. The fourth-order valence-corrected chi connectivity index (χ4v) is 8.74. The Morgan fingerprint density at radius 2 is 0.900 bits per heavy atom. The Balaban J connectivity index is 1.15. The van der Waals surface area contributed by atoms with Crippen LogP contribution in [0.3, 0.4) is 0 Å². The topological polar surface area (TPSA) is 56.7 Å². The van der Waals surface area contributed by atoms with Crippen LogP contribution in [0.15, 0.2) is 211 Å². The van der Waals surface area contributed by atoms with E-state index in [0.717, 1.165) is 93.8 Å². The van der Waals surface area contributed by atoms with Gasteiger partial charge in [-0.15, -0.1) is 0 Å². The van der Waals surface area contributed by atoms with Gasteiger partial charge in [0.1, 0.15) is 11.3 Å². The second kappa shape index (κ2) is 13.8. The highest BCUT2D eigenvalue weighted by Crippen LogP contribution is 2.43. The molecule has 9 aromatic carbocycles. The van der Waals surface area contributed by atoms with Gasteiger partial charge in [-0.05, 0) is 75.5 Å². The second-order valence-corrected chi connectivity index (χ2v) is 15.2. The molecule has 0 unspecified atom stereocenters. The number of benzene rings is 9. The molecule has 5 nitrogen and oxygen atoms in total. The van der Waals surface area contributed by atoms with Crippen LogP contribution in [0.1, 0.15) is 0 Å². The Morgan fingerprint density at radius 1 is 0.333 bits per heavy atom. The summed E-state index contributed by atoms with van der Waals surface area (Å²) in [6.45, 7) is 0. The van der Waals surface area contributed by atoms with E-state index in [-0.39, 0.29) is 0 Å². The summed E-state index contributed by atoms with van der Waals surface area (Å²) in [5.41, 5.74) is 11.7. The van der Waals surface area contributed by atoms with E-state index >= 15 is 0 Å². The third-order valence-corrected chi connectivity index (χ3v) is 11.6. The highest BCUT2D eigenvalue weighted by molar-refractivity contribution is 6.16. The third kappa shape index (κ3) is 5.59. The zero-order valence-electron chi connectivity index (χ0n) is 32.3. The summed E-state index contributed by atoms with van der Waals surface area (Å²) in [5.74, 6) is 1.73. The van der Waals surface area contributed by atoms with Crippen molar-refractivity contribution in [2.75, 3.05) is 0 Å². The molecule has 0 saturated carbocycles. The largest absolute Gasteiger partial charge is 0.454 e. The molecule has 3 heterocycles. The van der Waals surface area contributed by atoms with Gasteiger partial charge >= 0.3 is 0 Å². The molecule has 0 spiro atoms. The van der Waals surface area contributed by atoms with Crippen molar-refractivity contribution < 1.29 is 4.42 Å². The molecule has 0 aliphatic rings. The molecule has 0 aliphatic heterocycles. The van der Waals surface area contributed by atoms with E-state index in [4.69, 9.17) is 19.4 Å². The van der Waals surface area contributed by atoms with Gasteiger partial charge in [0.05, 0.1) is 11.0 Å². The third-order valence-electron chi connectivity index (χ3n) is 11.6. The van der Waals surface area contributed by atoms with Crippen LogP contribution in [0.25, 0.3) is 117 Å². The first-order valence-electron chi connectivity index (χ1n) is 20.2. The maximum absolute atomic E-state index is 6.91. The first-order chi connectivity index (χ1) is 29.7. The van der Waals surface area contributed by atoms with Crippen molar-refractivity contribution in [1.29, 1.82) is 0 Å². The molecular weight excluding hydrogens is 733 g/mol. The van der Waals surface area contributed by atoms with E-state index in [1.54, 1.807) is 0 Å². The van der Waals surface area contributed by atoms with Gasteiger partial charge in [0.15, 0.2) is 23.1 Å². The van der Waals surface area contributed by atoms with Gasteiger partial charge in [0, 0.05) is 38.2 Å². The summed E-state index contributed by atoms with van der Waals surface area (Å²) in [5, 5.41) is 6.76. The Morgan fingerprint density at radius 3 is 1.68 bits per heavy atom. The predicted octanol–water partition coefficient (Wildman–Crippen LogP) is 14.4. The Hall–Kier alpha value is -8.15. The number of aromatic nitrogens is 4. The first kappa shape index (κ1) is 33.9. The summed E-state index contributed by atoms with van der Waals surface area (Å²) in [6.07, 6.45) is 0. The normalized spacial score (nSPS) is 11.7. The zero-order valence-corrected chi connectivity index (χ0v) is 32.3. The Labute approximate surface area is 345 Å². The van der Waals surface area contributed by atoms with E-state index in [0.29, 0.717) is 17.5 Å². The highest BCUT2D eigenvalue weighted by Gasteiger charge is 2.25. The monoisotopic (exact) mass is 766 g/mol. The lowest BCUT2D eigenvalue weighted by atomic mass is 10.0. The molecule has 5 heteroatoms. The van der Waals surface area contributed by atoms with Crippen LogP contribution in [-0.4, -0.2) is 19.5 Å². The standard InChI is InChI=1S/C55H34N4O/c1-3-14-35(15-4-1)37-26-28-38(29-27-37)53-56-54(42-21-13-20-39(32-42)36-16-5-2-6-17-36)58-55(57-53)46-31-30-45-44-23-10-12-25-50(44)60-52(45)51(46)59-48-24-11-9-22-43(48)47-33-40-18-7-8-19-41(40)34-49(47)59/h1-34H. The van der Waals surface area contributed by atoms with Crippen molar-refractivity contribution in [2.45, 2.75) is 0 Å². The highest BCUT2D eigenvalue weighted by atomic mass is 16.3. The molecule has 0 bridgehead atoms. The fraction of sp³-hybridized carbons (Fsp3) is 0. The lowest BCUT2D eigenvalue weighted by Crippen LogP contribution is -2.04. The molecule has 0 atom stereocenters. The number of nitrogens with zero attached hydrogens (tertiary/aromatic N) is 4. The van der Waals surface area contributed by atoms with Gasteiger partial charge in [-0.25, -0.2) is 15.0 Å². The molecule has 0 amide bonds. The minimum Gasteiger partial charge on any atom is -0.454 e. The van der Waals surface area contributed by atoms with Gasteiger partial charge in [0.25, 0.3) is 0 Å². The number of para-hydroxylation sites is 2. The smallest absolute Gasteiger partial charge is 0.166 e. The maximum Gasteiger partial charge on any atom is 0.166 e. The number of hydrogen-bond donors (Lipinski definition) is 0. The number of furan rings is 1. The predicted molar refractivity (Wildman–Crippen MR) is 246 cm³/mol. The molecule has 0 N–H and O–H groups in total. The van der Waals surface area contributed by atoms with E-state index in [1.807, 2.05) is 24.3 Å². The van der Waals surface area contributed by atoms with Crippen molar-refractivity contribution in [2.24, 2.45) is 0 Å². The summed E-state index contributed by atoms with van der Waals surface area (Å²) in [4.78, 5) is 15.9. The molecule has 0 fully saturated rings.